The summed E-state index contributed by atoms with van der Waals surface area (Å²) in [5.41, 5.74) is 3.77. The number of likely N-dealkylation sites (tertiary alicyclic amines) is 1. The number of ether oxygens (including phenoxy) is 3. The smallest absolute Gasteiger partial charge is 0.123 e. The van der Waals surface area contributed by atoms with Crippen molar-refractivity contribution >= 4 is 10.9 Å². The van der Waals surface area contributed by atoms with Gasteiger partial charge in [-0.15, -0.1) is 0 Å². The van der Waals surface area contributed by atoms with E-state index in [1.807, 2.05) is 18.2 Å². The van der Waals surface area contributed by atoms with Crippen molar-refractivity contribution in [2.75, 3.05) is 48.5 Å². The normalized spacial score (nSPS) is 19.3. The van der Waals surface area contributed by atoms with Gasteiger partial charge in [0.05, 0.1) is 21.3 Å². The third-order valence-electron chi connectivity index (χ3n) is 6.54. The highest BCUT2D eigenvalue weighted by atomic mass is 16.5. The lowest BCUT2D eigenvalue weighted by Gasteiger charge is -2.25. The standard InChI is InChI=1S/C25H33N3O3/c1-26(2)24-16-28(13-17-11-18(29-4)8-10-25(17)31-6)15-22(24)21-14-27(3)23-9-7-19(30-5)12-20(21)23/h7-12,14,22,24H,13,15-16H2,1-6H3/t22-,24+/m0/s1. The van der Waals surface area contributed by atoms with Crippen molar-refractivity contribution in [3.8, 4) is 17.2 Å². The van der Waals surface area contributed by atoms with Gasteiger partial charge in [0.2, 0.25) is 0 Å². The molecular weight excluding hydrogens is 390 g/mol. The second-order valence-corrected chi connectivity index (χ2v) is 8.59. The Morgan fingerprint density at radius 3 is 2.32 bits per heavy atom. The predicted octanol–water partition coefficient (Wildman–Crippen LogP) is 3.73. The molecule has 1 fully saturated rings. The summed E-state index contributed by atoms with van der Waals surface area (Å²) in [6.45, 7) is 2.81. The Hall–Kier alpha value is -2.70. The molecule has 0 aliphatic carbocycles. The fourth-order valence-electron chi connectivity index (χ4n) is 4.89. The molecule has 1 saturated heterocycles. The van der Waals surface area contributed by atoms with Crippen molar-refractivity contribution in [2.45, 2.75) is 18.5 Å². The third-order valence-corrected chi connectivity index (χ3v) is 6.54. The first-order valence-electron chi connectivity index (χ1n) is 10.7. The Bertz CT molecular complexity index is 1060. The topological polar surface area (TPSA) is 39.1 Å². The number of hydrogen-bond donors (Lipinski definition) is 0. The van der Waals surface area contributed by atoms with Crippen LogP contribution in [0.3, 0.4) is 0 Å². The first-order chi connectivity index (χ1) is 14.9. The van der Waals surface area contributed by atoms with Gasteiger partial charge >= 0.3 is 0 Å². The molecule has 2 aromatic carbocycles. The highest BCUT2D eigenvalue weighted by molar-refractivity contribution is 5.86. The van der Waals surface area contributed by atoms with Gasteiger partial charge in [-0.05, 0) is 56.1 Å². The van der Waals surface area contributed by atoms with E-state index < -0.39 is 0 Å². The predicted molar refractivity (Wildman–Crippen MR) is 125 cm³/mol. The van der Waals surface area contributed by atoms with Crippen molar-refractivity contribution in [1.29, 1.82) is 0 Å². The molecule has 0 N–H and O–H groups in total. The minimum atomic E-state index is 0.405. The maximum absolute atomic E-state index is 5.62. The van der Waals surface area contributed by atoms with Gasteiger partial charge in [0.1, 0.15) is 17.2 Å². The van der Waals surface area contributed by atoms with Crippen LogP contribution < -0.4 is 14.2 Å². The van der Waals surface area contributed by atoms with Crippen molar-refractivity contribution in [3.05, 3.63) is 53.7 Å². The molecule has 6 heteroatoms. The molecule has 0 saturated carbocycles. The molecule has 166 valence electrons. The molecule has 3 aromatic rings. The Balaban J connectivity index is 1.67. The molecule has 4 rings (SSSR count). The molecule has 2 atom stereocenters. The highest BCUT2D eigenvalue weighted by Gasteiger charge is 2.37. The maximum Gasteiger partial charge on any atom is 0.123 e. The van der Waals surface area contributed by atoms with E-state index in [1.54, 1.807) is 21.3 Å². The minimum absolute atomic E-state index is 0.405. The van der Waals surface area contributed by atoms with E-state index >= 15 is 0 Å². The van der Waals surface area contributed by atoms with Crippen LogP contribution in [0.25, 0.3) is 10.9 Å². The molecule has 0 radical (unpaired) electrons. The van der Waals surface area contributed by atoms with Crippen LogP contribution >= 0.6 is 0 Å². The number of aromatic nitrogens is 1. The van der Waals surface area contributed by atoms with Crippen LogP contribution in [0.4, 0.5) is 0 Å². The van der Waals surface area contributed by atoms with E-state index in [0.717, 1.165) is 42.4 Å². The minimum Gasteiger partial charge on any atom is -0.497 e. The fourth-order valence-corrected chi connectivity index (χ4v) is 4.89. The number of rotatable bonds is 7. The average Bonchev–Trinajstić information content (AvgIpc) is 3.34. The summed E-state index contributed by atoms with van der Waals surface area (Å²) in [5, 5.41) is 1.28. The Morgan fingerprint density at radius 1 is 0.935 bits per heavy atom. The quantitative estimate of drug-likeness (QED) is 0.579. The van der Waals surface area contributed by atoms with Gasteiger partial charge in [-0.2, -0.15) is 0 Å². The van der Waals surface area contributed by atoms with Crippen LogP contribution in [0.15, 0.2) is 42.6 Å². The molecule has 2 heterocycles. The van der Waals surface area contributed by atoms with Crippen LogP contribution in [-0.2, 0) is 13.6 Å². The number of aryl methyl sites for hydroxylation is 1. The van der Waals surface area contributed by atoms with Gasteiger partial charge in [0, 0.05) is 61.3 Å². The van der Waals surface area contributed by atoms with Gasteiger partial charge in [-0.1, -0.05) is 0 Å². The van der Waals surface area contributed by atoms with E-state index in [2.05, 4.69) is 59.9 Å². The van der Waals surface area contributed by atoms with Gasteiger partial charge in [0.25, 0.3) is 0 Å². The van der Waals surface area contributed by atoms with Crippen LogP contribution in [0.2, 0.25) is 0 Å². The number of likely N-dealkylation sites (N-methyl/N-ethyl adjacent to an activating group) is 1. The van der Waals surface area contributed by atoms with Crippen molar-refractivity contribution in [3.63, 3.8) is 0 Å². The van der Waals surface area contributed by atoms with E-state index in [1.165, 1.54) is 16.5 Å². The average molecular weight is 424 g/mol. The molecule has 1 aromatic heterocycles. The zero-order valence-electron chi connectivity index (χ0n) is 19.4. The first-order valence-corrected chi connectivity index (χ1v) is 10.7. The van der Waals surface area contributed by atoms with Crippen molar-refractivity contribution in [2.24, 2.45) is 7.05 Å². The second kappa shape index (κ2) is 8.81. The second-order valence-electron chi connectivity index (χ2n) is 8.59. The van der Waals surface area contributed by atoms with E-state index in [0.29, 0.717) is 12.0 Å². The Morgan fingerprint density at radius 2 is 1.65 bits per heavy atom. The maximum atomic E-state index is 5.62. The van der Waals surface area contributed by atoms with Crippen LogP contribution in [0.5, 0.6) is 17.2 Å². The SMILES string of the molecule is COc1ccc(OC)c(CN2C[C@@H](N(C)C)[C@H](c3cn(C)c4ccc(OC)cc34)C2)c1. The summed E-state index contributed by atoms with van der Waals surface area (Å²) < 4.78 is 18.8. The molecule has 0 spiro atoms. The van der Waals surface area contributed by atoms with Crippen LogP contribution in [0.1, 0.15) is 17.0 Å². The summed E-state index contributed by atoms with van der Waals surface area (Å²) in [6.07, 6.45) is 2.29. The Labute approximate surface area is 184 Å². The molecular formula is C25H33N3O3. The molecule has 0 amide bonds. The summed E-state index contributed by atoms with van der Waals surface area (Å²) in [4.78, 5) is 4.87. The van der Waals surface area contributed by atoms with Crippen LogP contribution in [-0.4, -0.2) is 68.9 Å². The molecule has 0 bridgehead atoms. The number of fused-ring (bicyclic) bond motifs is 1. The lowest BCUT2D eigenvalue weighted by molar-refractivity contribution is 0.258. The van der Waals surface area contributed by atoms with E-state index in [-0.39, 0.29) is 0 Å². The van der Waals surface area contributed by atoms with Crippen molar-refractivity contribution in [1.82, 2.24) is 14.4 Å². The van der Waals surface area contributed by atoms with E-state index in [4.69, 9.17) is 14.2 Å². The lowest BCUT2D eigenvalue weighted by atomic mass is 9.93. The first kappa shape index (κ1) is 21.5. The number of nitrogens with zero attached hydrogens (tertiary/aromatic N) is 3. The summed E-state index contributed by atoms with van der Waals surface area (Å²) in [5.74, 6) is 3.07. The zero-order chi connectivity index (χ0) is 22.1. The summed E-state index contributed by atoms with van der Waals surface area (Å²) in [6, 6.07) is 12.8. The number of methoxy groups -OCH3 is 3. The summed E-state index contributed by atoms with van der Waals surface area (Å²) >= 11 is 0. The van der Waals surface area contributed by atoms with E-state index in [9.17, 15) is 0 Å². The van der Waals surface area contributed by atoms with Crippen molar-refractivity contribution < 1.29 is 14.2 Å². The molecule has 1 aliphatic rings. The lowest BCUT2D eigenvalue weighted by Crippen LogP contribution is -2.34. The summed E-state index contributed by atoms with van der Waals surface area (Å²) in [7, 11) is 11.6. The molecule has 6 nitrogen and oxygen atoms in total. The monoisotopic (exact) mass is 423 g/mol. The zero-order valence-corrected chi connectivity index (χ0v) is 19.4. The van der Waals surface area contributed by atoms with Gasteiger partial charge in [-0.25, -0.2) is 0 Å². The van der Waals surface area contributed by atoms with Gasteiger partial charge < -0.3 is 23.7 Å². The Kier molecular flexibility index (Phi) is 6.12. The number of hydrogen-bond acceptors (Lipinski definition) is 5. The number of benzene rings is 2. The van der Waals surface area contributed by atoms with Crippen LogP contribution in [0, 0.1) is 0 Å². The third kappa shape index (κ3) is 4.10. The fraction of sp³-hybridized carbons (Fsp3) is 0.440. The molecule has 31 heavy (non-hydrogen) atoms. The van der Waals surface area contributed by atoms with Gasteiger partial charge in [0.15, 0.2) is 0 Å². The highest BCUT2D eigenvalue weighted by Crippen LogP contribution is 2.38. The largest absolute Gasteiger partial charge is 0.497 e. The van der Waals surface area contributed by atoms with Gasteiger partial charge in [-0.3, -0.25) is 4.90 Å². The molecule has 1 aliphatic heterocycles. The molecule has 0 unspecified atom stereocenters.